The van der Waals surface area contributed by atoms with Gasteiger partial charge in [-0.1, -0.05) is 35.9 Å². The third-order valence-corrected chi connectivity index (χ3v) is 4.74. The second-order valence-electron chi connectivity index (χ2n) is 6.67. The highest BCUT2D eigenvalue weighted by molar-refractivity contribution is 5.97. The molecule has 1 heterocycles. The summed E-state index contributed by atoms with van der Waals surface area (Å²) in [6, 6.07) is 12.7. The molecule has 138 valence electrons. The van der Waals surface area contributed by atoms with E-state index in [0.29, 0.717) is 25.3 Å². The maximum atomic E-state index is 12.9. The van der Waals surface area contributed by atoms with Crippen LogP contribution in [0, 0.1) is 6.92 Å². The Hall–Kier alpha value is -2.34. The normalized spacial score (nSPS) is 19.0. The Balaban J connectivity index is 1.76. The first kappa shape index (κ1) is 18.5. The Morgan fingerprint density at radius 1 is 1.08 bits per heavy atom. The molecule has 1 unspecified atom stereocenters. The number of hydrogen-bond acceptors (Lipinski definition) is 2. The van der Waals surface area contributed by atoms with Gasteiger partial charge in [-0.05, 0) is 37.6 Å². The number of piperazine rings is 1. The molecule has 1 aliphatic heterocycles. The summed E-state index contributed by atoms with van der Waals surface area (Å²) in [5, 5.41) is 0. The number of carbonyl (C=O) groups excluding carboxylic acids is 1. The Bertz CT molecular complexity index is 804. The van der Waals surface area contributed by atoms with Crippen molar-refractivity contribution in [3.8, 4) is 0 Å². The fraction of sp³-hybridized carbons (Fsp3) is 0.350. The number of hydrogen-bond donors (Lipinski definition) is 0. The Labute approximate surface area is 151 Å². The lowest BCUT2D eigenvalue weighted by atomic mass is 10.1. The minimum Gasteiger partial charge on any atom is -0.310 e. The van der Waals surface area contributed by atoms with E-state index in [-0.39, 0.29) is 11.9 Å². The van der Waals surface area contributed by atoms with E-state index in [1.54, 1.807) is 13.0 Å². The van der Waals surface area contributed by atoms with E-state index in [4.69, 9.17) is 0 Å². The lowest BCUT2D eigenvalue weighted by Crippen LogP contribution is -2.55. The van der Waals surface area contributed by atoms with Crippen LogP contribution >= 0.6 is 0 Å². The third-order valence-electron chi connectivity index (χ3n) is 4.74. The average Bonchev–Trinajstić information content (AvgIpc) is 2.59. The van der Waals surface area contributed by atoms with E-state index in [1.165, 1.54) is 11.0 Å². The molecule has 2 aromatic rings. The maximum Gasteiger partial charge on any atom is 0.416 e. The van der Waals surface area contributed by atoms with Crippen LogP contribution in [0.3, 0.4) is 0 Å². The van der Waals surface area contributed by atoms with Gasteiger partial charge in [0.2, 0.25) is 5.91 Å². The molecule has 1 aliphatic rings. The highest BCUT2D eigenvalue weighted by atomic mass is 19.4. The van der Waals surface area contributed by atoms with Gasteiger partial charge in [0, 0.05) is 25.3 Å². The quantitative estimate of drug-likeness (QED) is 0.815. The van der Waals surface area contributed by atoms with Crippen LogP contribution in [-0.2, 0) is 17.5 Å². The van der Waals surface area contributed by atoms with Crippen molar-refractivity contribution in [3.05, 3.63) is 65.2 Å². The largest absolute Gasteiger partial charge is 0.416 e. The van der Waals surface area contributed by atoms with E-state index >= 15 is 0 Å². The molecule has 3 nitrogen and oxygen atoms in total. The molecule has 0 spiro atoms. The monoisotopic (exact) mass is 362 g/mol. The fourth-order valence-electron chi connectivity index (χ4n) is 3.28. The molecule has 1 amide bonds. The molecule has 1 fully saturated rings. The van der Waals surface area contributed by atoms with Crippen LogP contribution in [0.2, 0.25) is 0 Å². The van der Waals surface area contributed by atoms with E-state index in [9.17, 15) is 18.0 Å². The van der Waals surface area contributed by atoms with Crippen molar-refractivity contribution >= 4 is 11.6 Å². The zero-order valence-electron chi connectivity index (χ0n) is 14.8. The second-order valence-corrected chi connectivity index (χ2v) is 6.67. The first-order valence-electron chi connectivity index (χ1n) is 8.54. The summed E-state index contributed by atoms with van der Waals surface area (Å²) in [4.78, 5) is 16.3. The lowest BCUT2D eigenvalue weighted by Gasteiger charge is -2.39. The molecule has 0 N–H and O–H groups in total. The zero-order valence-corrected chi connectivity index (χ0v) is 14.8. The van der Waals surface area contributed by atoms with Gasteiger partial charge in [-0.3, -0.25) is 9.69 Å². The van der Waals surface area contributed by atoms with E-state index in [2.05, 4.69) is 11.0 Å². The zero-order chi connectivity index (χ0) is 18.9. The van der Waals surface area contributed by atoms with Gasteiger partial charge in [-0.15, -0.1) is 0 Å². The smallest absolute Gasteiger partial charge is 0.310 e. The lowest BCUT2D eigenvalue weighted by molar-refractivity contribution is -0.137. The maximum absolute atomic E-state index is 12.9. The predicted molar refractivity (Wildman–Crippen MR) is 94.8 cm³/mol. The predicted octanol–water partition coefficient (Wildman–Crippen LogP) is 4.25. The van der Waals surface area contributed by atoms with Gasteiger partial charge in [-0.25, -0.2) is 0 Å². The van der Waals surface area contributed by atoms with Crippen LogP contribution in [0.1, 0.15) is 23.6 Å². The molecule has 0 bridgehead atoms. The number of carbonyl (C=O) groups is 1. The van der Waals surface area contributed by atoms with E-state index in [0.717, 1.165) is 23.3 Å². The van der Waals surface area contributed by atoms with Crippen molar-refractivity contribution in [3.63, 3.8) is 0 Å². The number of rotatable bonds is 3. The molecule has 0 radical (unpaired) electrons. The average molecular weight is 362 g/mol. The van der Waals surface area contributed by atoms with Crippen molar-refractivity contribution in [2.24, 2.45) is 0 Å². The van der Waals surface area contributed by atoms with Crippen molar-refractivity contribution in [1.82, 2.24) is 4.90 Å². The number of alkyl halides is 3. The van der Waals surface area contributed by atoms with Gasteiger partial charge in [0.15, 0.2) is 0 Å². The molecule has 2 aromatic carbocycles. The van der Waals surface area contributed by atoms with Crippen LogP contribution in [0.5, 0.6) is 0 Å². The van der Waals surface area contributed by atoms with Crippen LogP contribution in [0.25, 0.3) is 0 Å². The summed E-state index contributed by atoms with van der Waals surface area (Å²) in [6.07, 6.45) is -4.42. The third kappa shape index (κ3) is 3.90. The molecule has 0 aliphatic carbocycles. The van der Waals surface area contributed by atoms with Gasteiger partial charge in [-0.2, -0.15) is 13.2 Å². The fourth-order valence-corrected chi connectivity index (χ4v) is 3.28. The summed E-state index contributed by atoms with van der Waals surface area (Å²) in [6.45, 7) is 5.44. The SMILES string of the molecule is Cc1cccc(CN2CCN(c3cccc(C(F)(F)F)c3)C(=O)C2C)c1. The first-order chi connectivity index (χ1) is 12.3. The van der Waals surface area contributed by atoms with E-state index in [1.807, 2.05) is 25.1 Å². The molecule has 6 heteroatoms. The number of aryl methyl sites for hydroxylation is 1. The second kappa shape index (κ2) is 7.11. The molecule has 0 aromatic heterocycles. The number of anilines is 1. The van der Waals surface area contributed by atoms with E-state index < -0.39 is 11.7 Å². The molecule has 1 atom stereocenters. The number of benzene rings is 2. The molecular formula is C20H21F3N2O. The van der Waals surface area contributed by atoms with Crippen LogP contribution < -0.4 is 4.90 Å². The highest BCUT2D eigenvalue weighted by Crippen LogP contribution is 2.32. The minimum absolute atomic E-state index is 0.178. The highest BCUT2D eigenvalue weighted by Gasteiger charge is 2.34. The molecular weight excluding hydrogens is 341 g/mol. The van der Waals surface area contributed by atoms with Crippen molar-refractivity contribution < 1.29 is 18.0 Å². The summed E-state index contributed by atoms with van der Waals surface area (Å²) >= 11 is 0. The van der Waals surface area contributed by atoms with Crippen LogP contribution in [0.4, 0.5) is 18.9 Å². The summed E-state index contributed by atoms with van der Waals surface area (Å²) in [7, 11) is 0. The minimum atomic E-state index is -4.42. The Morgan fingerprint density at radius 2 is 1.81 bits per heavy atom. The van der Waals surface area contributed by atoms with Crippen molar-refractivity contribution in [2.75, 3.05) is 18.0 Å². The molecule has 0 saturated carbocycles. The molecule has 26 heavy (non-hydrogen) atoms. The standard InChI is InChI=1S/C20H21F3N2O/c1-14-5-3-6-16(11-14)13-24-9-10-25(19(26)15(24)2)18-8-4-7-17(12-18)20(21,22)23/h3-8,11-12,15H,9-10,13H2,1-2H3. The van der Waals surface area contributed by atoms with Crippen molar-refractivity contribution in [1.29, 1.82) is 0 Å². The Kier molecular flexibility index (Phi) is 5.05. The molecule has 1 saturated heterocycles. The van der Waals surface area contributed by atoms with Crippen LogP contribution in [-0.4, -0.2) is 29.9 Å². The molecule has 3 rings (SSSR count). The summed E-state index contributed by atoms with van der Waals surface area (Å²) < 4.78 is 38.8. The first-order valence-corrected chi connectivity index (χ1v) is 8.54. The number of amides is 1. The topological polar surface area (TPSA) is 23.6 Å². The van der Waals surface area contributed by atoms with Gasteiger partial charge < -0.3 is 4.90 Å². The van der Waals surface area contributed by atoms with Gasteiger partial charge in [0.05, 0.1) is 11.6 Å². The number of halogens is 3. The summed E-state index contributed by atoms with van der Waals surface area (Å²) in [5.41, 5.74) is 1.84. The van der Waals surface area contributed by atoms with Crippen LogP contribution in [0.15, 0.2) is 48.5 Å². The van der Waals surface area contributed by atoms with Gasteiger partial charge in [0.25, 0.3) is 0 Å². The Morgan fingerprint density at radius 3 is 2.50 bits per heavy atom. The number of nitrogens with zero attached hydrogens (tertiary/aromatic N) is 2. The van der Waals surface area contributed by atoms with Crippen molar-refractivity contribution in [2.45, 2.75) is 32.6 Å². The van der Waals surface area contributed by atoms with Gasteiger partial charge >= 0.3 is 6.18 Å². The van der Waals surface area contributed by atoms with Gasteiger partial charge in [0.1, 0.15) is 0 Å². The summed E-state index contributed by atoms with van der Waals surface area (Å²) in [5.74, 6) is -0.178.